The van der Waals surface area contributed by atoms with E-state index in [1.54, 1.807) is 13.2 Å². The molecule has 1 atom stereocenters. The maximum Gasteiger partial charge on any atom is 0.147 e. The summed E-state index contributed by atoms with van der Waals surface area (Å²) in [4.78, 5) is 0. The lowest BCUT2D eigenvalue weighted by Gasteiger charge is -2.16. The van der Waals surface area contributed by atoms with Gasteiger partial charge in [-0.3, -0.25) is 0 Å². The molecule has 19 heavy (non-hydrogen) atoms. The molecule has 4 heteroatoms. The molecule has 1 unspecified atom stereocenters. The van der Waals surface area contributed by atoms with Crippen molar-refractivity contribution in [2.24, 2.45) is 0 Å². The van der Waals surface area contributed by atoms with Crippen molar-refractivity contribution in [1.82, 2.24) is 0 Å². The highest BCUT2D eigenvalue weighted by Crippen LogP contribution is 2.25. The van der Waals surface area contributed by atoms with Gasteiger partial charge < -0.3 is 10.1 Å². The zero-order chi connectivity index (χ0) is 13.8. The van der Waals surface area contributed by atoms with E-state index >= 15 is 0 Å². The Bertz CT molecular complexity index is 557. The number of nitrogens with one attached hydrogen (secondary N) is 1. The molecule has 0 saturated carbocycles. The number of rotatable bonds is 4. The minimum Gasteiger partial charge on any atom is -0.497 e. The van der Waals surface area contributed by atoms with Gasteiger partial charge in [0, 0.05) is 10.5 Å². The summed E-state index contributed by atoms with van der Waals surface area (Å²) in [5.74, 6) is 0.542. The highest BCUT2D eigenvalue weighted by Gasteiger charge is 2.09. The van der Waals surface area contributed by atoms with Gasteiger partial charge >= 0.3 is 0 Å². The molecule has 0 spiro atoms. The van der Waals surface area contributed by atoms with Gasteiger partial charge in [-0.1, -0.05) is 28.1 Å². The van der Waals surface area contributed by atoms with E-state index in [9.17, 15) is 4.39 Å². The number of methoxy groups -OCH3 is 1. The third-order valence-electron chi connectivity index (χ3n) is 2.92. The first-order chi connectivity index (χ1) is 9.10. The summed E-state index contributed by atoms with van der Waals surface area (Å²) < 4.78 is 19.6. The number of hydrogen-bond acceptors (Lipinski definition) is 2. The fraction of sp³-hybridized carbons (Fsp3) is 0.200. The summed E-state index contributed by atoms with van der Waals surface area (Å²) in [6.45, 7) is 1.99. The number of ether oxygens (including phenoxy) is 1. The van der Waals surface area contributed by atoms with Crippen molar-refractivity contribution in [3.63, 3.8) is 0 Å². The van der Waals surface area contributed by atoms with Crippen molar-refractivity contribution in [1.29, 1.82) is 0 Å². The van der Waals surface area contributed by atoms with Crippen LogP contribution in [0.3, 0.4) is 0 Å². The highest BCUT2D eigenvalue weighted by molar-refractivity contribution is 9.10. The maximum absolute atomic E-state index is 13.7. The van der Waals surface area contributed by atoms with Crippen LogP contribution < -0.4 is 10.1 Å². The van der Waals surface area contributed by atoms with Gasteiger partial charge in [-0.25, -0.2) is 4.39 Å². The van der Waals surface area contributed by atoms with Crippen molar-refractivity contribution in [2.75, 3.05) is 12.4 Å². The van der Waals surface area contributed by atoms with Gasteiger partial charge in [0.2, 0.25) is 0 Å². The molecule has 2 aromatic rings. The minimum atomic E-state index is -0.269. The lowest BCUT2D eigenvalue weighted by Crippen LogP contribution is -2.07. The molecule has 0 saturated heterocycles. The van der Waals surface area contributed by atoms with Gasteiger partial charge in [-0.05, 0) is 42.8 Å². The first-order valence-electron chi connectivity index (χ1n) is 5.95. The summed E-state index contributed by atoms with van der Waals surface area (Å²) in [6, 6.07) is 12.7. The fourth-order valence-electron chi connectivity index (χ4n) is 1.82. The van der Waals surface area contributed by atoms with Crippen LogP contribution in [0.15, 0.2) is 46.9 Å². The Balaban J connectivity index is 2.13. The number of anilines is 1. The standard InChI is InChI=1S/C15H15BrFNO/c1-10(11-3-6-13(19-2)7-4-11)18-15-8-5-12(16)9-14(15)17/h3-10,18H,1-2H3. The quantitative estimate of drug-likeness (QED) is 0.875. The van der Waals surface area contributed by atoms with E-state index < -0.39 is 0 Å². The van der Waals surface area contributed by atoms with Crippen LogP contribution in [0.25, 0.3) is 0 Å². The Morgan fingerprint density at radius 2 is 1.84 bits per heavy atom. The van der Waals surface area contributed by atoms with E-state index in [1.165, 1.54) is 6.07 Å². The van der Waals surface area contributed by atoms with Crippen molar-refractivity contribution < 1.29 is 9.13 Å². The van der Waals surface area contributed by atoms with E-state index in [-0.39, 0.29) is 11.9 Å². The van der Waals surface area contributed by atoms with Crippen LogP contribution in [0.4, 0.5) is 10.1 Å². The summed E-state index contributed by atoms with van der Waals surface area (Å²) in [7, 11) is 1.63. The largest absolute Gasteiger partial charge is 0.497 e. The van der Waals surface area contributed by atoms with Crippen LogP contribution in [0, 0.1) is 5.82 Å². The molecular formula is C15H15BrFNO. The van der Waals surface area contributed by atoms with Crippen molar-refractivity contribution in [3.8, 4) is 5.75 Å². The lowest BCUT2D eigenvalue weighted by molar-refractivity contribution is 0.414. The monoisotopic (exact) mass is 323 g/mol. The summed E-state index contributed by atoms with van der Waals surface area (Å²) >= 11 is 3.24. The zero-order valence-electron chi connectivity index (χ0n) is 10.8. The van der Waals surface area contributed by atoms with Gasteiger partial charge in [0.15, 0.2) is 0 Å². The number of hydrogen-bond donors (Lipinski definition) is 1. The average molecular weight is 324 g/mol. The van der Waals surface area contributed by atoms with Gasteiger partial charge in [0.25, 0.3) is 0 Å². The molecule has 2 aromatic carbocycles. The van der Waals surface area contributed by atoms with E-state index in [4.69, 9.17) is 4.74 Å². The van der Waals surface area contributed by atoms with Crippen LogP contribution in [0.1, 0.15) is 18.5 Å². The Morgan fingerprint density at radius 1 is 1.16 bits per heavy atom. The molecule has 1 N–H and O–H groups in total. The second kappa shape index (κ2) is 6.06. The molecule has 0 radical (unpaired) electrons. The van der Waals surface area contributed by atoms with Gasteiger partial charge in [0.05, 0.1) is 12.8 Å². The molecule has 0 heterocycles. The molecule has 0 amide bonds. The molecule has 2 rings (SSSR count). The summed E-state index contributed by atoms with van der Waals surface area (Å²) in [5, 5.41) is 3.15. The fourth-order valence-corrected chi connectivity index (χ4v) is 2.15. The predicted molar refractivity (Wildman–Crippen MR) is 79.1 cm³/mol. The number of halogens is 2. The Hall–Kier alpha value is -1.55. The number of benzene rings is 2. The smallest absolute Gasteiger partial charge is 0.147 e. The minimum absolute atomic E-state index is 0.0154. The summed E-state index contributed by atoms with van der Waals surface area (Å²) in [6.07, 6.45) is 0. The van der Waals surface area contributed by atoms with E-state index in [0.717, 1.165) is 15.8 Å². The van der Waals surface area contributed by atoms with Gasteiger partial charge in [-0.2, -0.15) is 0 Å². The molecule has 0 aromatic heterocycles. The van der Waals surface area contributed by atoms with Crippen molar-refractivity contribution >= 4 is 21.6 Å². The molecule has 2 nitrogen and oxygen atoms in total. The Kier molecular flexibility index (Phi) is 4.43. The van der Waals surface area contributed by atoms with E-state index in [0.29, 0.717) is 5.69 Å². The normalized spacial score (nSPS) is 12.0. The third-order valence-corrected chi connectivity index (χ3v) is 3.41. The molecule has 0 bridgehead atoms. The topological polar surface area (TPSA) is 21.3 Å². The first-order valence-corrected chi connectivity index (χ1v) is 6.75. The van der Waals surface area contributed by atoms with E-state index in [1.807, 2.05) is 37.3 Å². The molecule has 0 fully saturated rings. The van der Waals surface area contributed by atoms with Crippen LogP contribution >= 0.6 is 15.9 Å². The summed E-state index contributed by atoms with van der Waals surface area (Å²) in [5.41, 5.74) is 1.56. The maximum atomic E-state index is 13.7. The Morgan fingerprint density at radius 3 is 2.42 bits per heavy atom. The van der Waals surface area contributed by atoms with Crippen LogP contribution in [0.2, 0.25) is 0 Å². The molecule has 0 aliphatic heterocycles. The second-order valence-electron chi connectivity index (χ2n) is 4.26. The second-order valence-corrected chi connectivity index (χ2v) is 5.18. The van der Waals surface area contributed by atoms with Crippen molar-refractivity contribution in [2.45, 2.75) is 13.0 Å². The third kappa shape index (κ3) is 3.47. The Labute approximate surface area is 120 Å². The van der Waals surface area contributed by atoms with Crippen LogP contribution in [0.5, 0.6) is 5.75 Å². The van der Waals surface area contributed by atoms with Crippen LogP contribution in [-0.4, -0.2) is 7.11 Å². The highest BCUT2D eigenvalue weighted by atomic mass is 79.9. The SMILES string of the molecule is COc1ccc(C(C)Nc2ccc(Br)cc2F)cc1. The molecule has 0 aliphatic rings. The molecule has 0 aliphatic carbocycles. The zero-order valence-corrected chi connectivity index (χ0v) is 12.4. The van der Waals surface area contributed by atoms with Crippen molar-refractivity contribution in [3.05, 3.63) is 58.3 Å². The lowest BCUT2D eigenvalue weighted by atomic mass is 10.1. The van der Waals surface area contributed by atoms with Gasteiger partial charge in [-0.15, -0.1) is 0 Å². The predicted octanol–water partition coefficient (Wildman–Crippen LogP) is 4.77. The molecule has 100 valence electrons. The van der Waals surface area contributed by atoms with Gasteiger partial charge in [0.1, 0.15) is 11.6 Å². The first kappa shape index (κ1) is 13.9. The molecular weight excluding hydrogens is 309 g/mol. The van der Waals surface area contributed by atoms with E-state index in [2.05, 4.69) is 21.2 Å². The average Bonchev–Trinajstić information content (AvgIpc) is 2.42. The van der Waals surface area contributed by atoms with Crippen LogP contribution in [-0.2, 0) is 0 Å².